The van der Waals surface area contributed by atoms with Crippen molar-refractivity contribution < 1.29 is 17.9 Å². The monoisotopic (exact) mass is 441 g/mol. The highest BCUT2D eigenvalue weighted by Crippen LogP contribution is 2.42. The lowest BCUT2D eigenvalue weighted by Gasteiger charge is -2.32. The maximum atomic E-state index is 13.6. The lowest BCUT2D eigenvalue weighted by molar-refractivity contribution is -0.137. The SMILES string of the molecule is CN1CCC[C@H]1COc1nc(N)c2c(n1)CN(c1cccc(Cl)c1C(F)(F)F)CC2. The van der Waals surface area contributed by atoms with Gasteiger partial charge in [0.1, 0.15) is 12.4 Å². The summed E-state index contributed by atoms with van der Waals surface area (Å²) in [5, 5.41) is -0.322. The van der Waals surface area contributed by atoms with Crippen molar-refractivity contribution in [1.82, 2.24) is 14.9 Å². The van der Waals surface area contributed by atoms with Gasteiger partial charge in [-0.1, -0.05) is 17.7 Å². The summed E-state index contributed by atoms with van der Waals surface area (Å²) in [5.74, 6) is 0.316. The number of hydrogen-bond acceptors (Lipinski definition) is 6. The van der Waals surface area contributed by atoms with Gasteiger partial charge < -0.3 is 20.3 Å². The number of alkyl halides is 3. The number of nitrogens with two attached hydrogens (primary N) is 1. The Kier molecular flexibility index (Phi) is 5.67. The maximum absolute atomic E-state index is 13.6. The molecule has 0 amide bonds. The third-order valence-corrected chi connectivity index (χ3v) is 6.08. The number of hydrogen-bond donors (Lipinski definition) is 1. The van der Waals surface area contributed by atoms with Gasteiger partial charge in [0.25, 0.3) is 0 Å². The Labute approximate surface area is 177 Å². The largest absolute Gasteiger partial charge is 0.462 e. The van der Waals surface area contributed by atoms with Crippen LogP contribution in [-0.4, -0.2) is 47.7 Å². The van der Waals surface area contributed by atoms with E-state index >= 15 is 0 Å². The van der Waals surface area contributed by atoms with Crippen molar-refractivity contribution >= 4 is 23.1 Å². The van der Waals surface area contributed by atoms with E-state index in [4.69, 9.17) is 22.1 Å². The van der Waals surface area contributed by atoms with E-state index in [0.717, 1.165) is 24.9 Å². The minimum Gasteiger partial charge on any atom is -0.462 e. The van der Waals surface area contributed by atoms with Gasteiger partial charge >= 0.3 is 12.2 Å². The molecule has 1 aromatic carbocycles. The summed E-state index contributed by atoms with van der Waals surface area (Å²) >= 11 is 5.88. The second kappa shape index (κ2) is 8.11. The van der Waals surface area contributed by atoms with Gasteiger partial charge in [0.15, 0.2) is 0 Å². The molecule has 2 aliphatic rings. The van der Waals surface area contributed by atoms with Gasteiger partial charge in [0.2, 0.25) is 0 Å². The number of aromatic nitrogens is 2. The number of nitrogens with zero attached hydrogens (tertiary/aromatic N) is 4. The molecule has 0 saturated carbocycles. The molecule has 6 nitrogen and oxygen atoms in total. The molecular weight excluding hydrogens is 419 g/mol. The van der Waals surface area contributed by atoms with E-state index in [0.29, 0.717) is 37.1 Å². The van der Waals surface area contributed by atoms with Crippen molar-refractivity contribution in [1.29, 1.82) is 0 Å². The average molecular weight is 442 g/mol. The highest BCUT2D eigenvalue weighted by molar-refractivity contribution is 6.31. The Morgan fingerprint density at radius 1 is 1.27 bits per heavy atom. The van der Waals surface area contributed by atoms with E-state index in [1.807, 2.05) is 7.05 Å². The van der Waals surface area contributed by atoms with Gasteiger partial charge in [-0.15, -0.1) is 0 Å². The topological polar surface area (TPSA) is 67.5 Å². The maximum Gasteiger partial charge on any atom is 0.419 e. The number of benzene rings is 1. The molecule has 162 valence electrons. The number of likely N-dealkylation sites (tertiary alicyclic amines) is 1. The lowest BCUT2D eigenvalue weighted by atomic mass is 10.0. The fourth-order valence-electron chi connectivity index (χ4n) is 4.12. The first kappa shape index (κ1) is 21.0. The van der Waals surface area contributed by atoms with E-state index in [1.165, 1.54) is 18.2 Å². The highest BCUT2D eigenvalue weighted by Gasteiger charge is 2.38. The van der Waals surface area contributed by atoms with Crippen LogP contribution in [0, 0.1) is 0 Å². The predicted molar refractivity (Wildman–Crippen MR) is 109 cm³/mol. The summed E-state index contributed by atoms with van der Waals surface area (Å²) in [5.41, 5.74) is 6.64. The molecule has 2 aromatic rings. The lowest BCUT2D eigenvalue weighted by Crippen LogP contribution is -2.34. The molecule has 0 aliphatic carbocycles. The number of likely N-dealkylation sites (N-methyl/N-ethyl adjacent to an activating group) is 1. The Morgan fingerprint density at radius 2 is 2.07 bits per heavy atom. The molecule has 0 radical (unpaired) electrons. The minimum absolute atomic E-state index is 0.0351. The summed E-state index contributed by atoms with van der Waals surface area (Å²) < 4.78 is 46.5. The van der Waals surface area contributed by atoms with Crippen LogP contribution in [0.4, 0.5) is 24.7 Å². The number of ether oxygens (including phenoxy) is 1. The van der Waals surface area contributed by atoms with Crippen LogP contribution in [0.2, 0.25) is 5.02 Å². The van der Waals surface area contributed by atoms with Crippen LogP contribution in [0.3, 0.4) is 0 Å². The van der Waals surface area contributed by atoms with E-state index in [9.17, 15) is 13.2 Å². The van der Waals surface area contributed by atoms with E-state index in [-0.39, 0.29) is 23.3 Å². The van der Waals surface area contributed by atoms with E-state index < -0.39 is 11.7 Å². The number of halogens is 4. The molecule has 1 aromatic heterocycles. The summed E-state index contributed by atoms with van der Waals surface area (Å²) in [4.78, 5) is 12.6. The van der Waals surface area contributed by atoms with Gasteiger partial charge in [-0.05, 0) is 45.0 Å². The van der Waals surface area contributed by atoms with Crippen LogP contribution in [0.15, 0.2) is 18.2 Å². The molecule has 0 spiro atoms. The molecule has 1 saturated heterocycles. The van der Waals surface area contributed by atoms with Gasteiger partial charge in [0.05, 0.1) is 28.5 Å². The standard InChI is InChI=1S/C20H23ClF3N5O/c1-28-8-3-4-12(28)11-30-19-26-15-10-29(9-7-13(15)18(25)27-19)16-6-2-5-14(21)17(16)20(22,23)24/h2,5-6,12H,3-4,7-11H2,1H3,(H2,25,26,27)/t12-/m0/s1. The Balaban J connectivity index is 1.58. The minimum atomic E-state index is -4.56. The first-order valence-electron chi connectivity index (χ1n) is 9.83. The summed E-state index contributed by atoms with van der Waals surface area (Å²) in [6, 6.07) is 4.65. The summed E-state index contributed by atoms with van der Waals surface area (Å²) in [6.07, 6.45) is -1.95. The van der Waals surface area contributed by atoms with Crippen LogP contribution >= 0.6 is 11.6 Å². The van der Waals surface area contributed by atoms with Crippen molar-refractivity contribution in [3.8, 4) is 6.01 Å². The molecule has 2 aliphatic heterocycles. The Bertz CT molecular complexity index is 939. The first-order valence-corrected chi connectivity index (χ1v) is 10.2. The molecule has 0 bridgehead atoms. The van der Waals surface area contributed by atoms with Crippen LogP contribution in [0.25, 0.3) is 0 Å². The van der Waals surface area contributed by atoms with Crippen molar-refractivity contribution in [3.05, 3.63) is 40.0 Å². The van der Waals surface area contributed by atoms with E-state index in [1.54, 1.807) is 4.90 Å². The van der Waals surface area contributed by atoms with Crippen LogP contribution < -0.4 is 15.4 Å². The molecular formula is C20H23ClF3N5O. The quantitative estimate of drug-likeness (QED) is 0.779. The molecule has 3 heterocycles. The Morgan fingerprint density at radius 3 is 2.77 bits per heavy atom. The van der Waals surface area contributed by atoms with Gasteiger partial charge in [0, 0.05) is 18.2 Å². The normalized spacial score (nSPS) is 19.8. The Hall–Kier alpha value is -2.26. The fourth-order valence-corrected chi connectivity index (χ4v) is 4.40. The number of fused-ring (bicyclic) bond motifs is 1. The van der Waals surface area contributed by atoms with Crippen molar-refractivity contribution in [2.75, 3.05) is 37.4 Å². The predicted octanol–water partition coefficient (Wildman–Crippen LogP) is 3.77. The molecule has 4 rings (SSSR count). The van der Waals surface area contributed by atoms with Gasteiger partial charge in [-0.25, -0.2) is 0 Å². The van der Waals surface area contributed by atoms with Gasteiger partial charge in [-0.3, -0.25) is 0 Å². The third-order valence-electron chi connectivity index (χ3n) is 5.77. The number of anilines is 2. The molecule has 1 fully saturated rings. The van der Waals surface area contributed by atoms with Crippen molar-refractivity contribution in [2.24, 2.45) is 0 Å². The molecule has 30 heavy (non-hydrogen) atoms. The molecule has 2 N–H and O–H groups in total. The fraction of sp³-hybridized carbons (Fsp3) is 0.500. The average Bonchev–Trinajstić information content (AvgIpc) is 3.09. The second-order valence-electron chi connectivity index (χ2n) is 7.71. The number of rotatable bonds is 4. The van der Waals surface area contributed by atoms with Crippen molar-refractivity contribution in [2.45, 2.75) is 38.0 Å². The zero-order chi connectivity index (χ0) is 21.5. The highest BCUT2D eigenvalue weighted by atomic mass is 35.5. The molecule has 1 atom stereocenters. The van der Waals surface area contributed by atoms with E-state index in [2.05, 4.69) is 14.9 Å². The summed E-state index contributed by atoms with van der Waals surface area (Å²) in [6.45, 7) is 2.00. The molecule has 0 unspecified atom stereocenters. The number of nitrogen functional groups attached to an aromatic ring is 1. The molecule has 10 heteroatoms. The zero-order valence-corrected chi connectivity index (χ0v) is 17.3. The van der Waals surface area contributed by atoms with Crippen molar-refractivity contribution in [3.63, 3.8) is 0 Å². The second-order valence-corrected chi connectivity index (χ2v) is 8.11. The first-order chi connectivity index (χ1) is 14.2. The van der Waals surface area contributed by atoms with Crippen LogP contribution in [0.5, 0.6) is 6.01 Å². The third kappa shape index (κ3) is 4.13. The van der Waals surface area contributed by atoms with Crippen LogP contribution in [-0.2, 0) is 19.1 Å². The summed E-state index contributed by atoms with van der Waals surface area (Å²) in [7, 11) is 2.05. The van der Waals surface area contributed by atoms with Crippen LogP contribution in [0.1, 0.15) is 29.7 Å². The smallest absolute Gasteiger partial charge is 0.419 e. The van der Waals surface area contributed by atoms with Gasteiger partial charge in [-0.2, -0.15) is 23.1 Å². The zero-order valence-electron chi connectivity index (χ0n) is 16.5.